The van der Waals surface area contributed by atoms with Crippen LogP contribution in [0.15, 0.2) is 24.3 Å². The van der Waals surface area contributed by atoms with Gasteiger partial charge in [0.1, 0.15) is 12.4 Å². The lowest BCUT2D eigenvalue weighted by Gasteiger charge is -2.10. The Balaban J connectivity index is 1.86. The summed E-state index contributed by atoms with van der Waals surface area (Å²) < 4.78 is 10.4. The summed E-state index contributed by atoms with van der Waals surface area (Å²) in [4.78, 5) is 11.7. The Kier molecular flexibility index (Phi) is 4.02. The number of carbonyl (C=O) groups is 1. The van der Waals surface area contributed by atoms with Gasteiger partial charge in [0, 0.05) is 0 Å². The highest BCUT2D eigenvalue weighted by Crippen LogP contribution is 2.26. The SMILES string of the molecule is COc1cccc(COC(=O)C2CCCC2)c1. The van der Waals surface area contributed by atoms with Gasteiger partial charge in [-0.3, -0.25) is 4.79 Å². The van der Waals surface area contributed by atoms with Crippen LogP contribution < -0.4 is 4.74 Å². The summed E-state index contributed by atoms with van der Waals surface area (Å²) in [6.07, 6.45) is 4.27. The second-order valence-electron chi connectivity index (χ2n) is 4.44. The van der Waals surface area contributed by atoms with Crippen LogP contribution in [0, 0.1) is 5.92 Å². The van der Waals surface area contributed by atoms with Crippen molar-refractivity contribution in [3.8, 4) is 5.75 Å². The number of hydrogen-bond donors (Lipinski definition) is 0. The Morgan fingerprint density at radius 1 is 1.35 bits per heavy atom. The van der Waals surface area contributed by atoms with E-state index in [1.54, 1.807) is 7.11 Å². The van der Waals surface area contributed by atoms with Gasteiger partial charge in [0.15, 0.2) is 0 Å². The van der Waals surface area contributed by atoms with Crippen LogP contribution in [0.3, 0.4) is 0 Å². The number of ether oxygens (including phenoxy) is 2. The zero-order valence-electron chi connectivity index (χ0n) is 10.1. The molecule has 1 saturated carbocycles. The summed E-state index contributed by atoms with van der Waals surface area (Å²) in [5, 5.41) is 0. The number of benzene rings is 1. The third-order valence-electron chi connectivity index (χ3n) is 3.20. The molecule has 1 aliphatic carbocycles. The number of esters is 1. The fourth-order valence-corrected chi connectivity index (χ4v) is 2.20. The zero-order valence-corrected chi connectivity index (χ0v) is 10.1. The summed E-state index contributed by atoms with van der Waals surface area (Å²) in [6, 6.07) is 7.60. The molecule has 0 N–H and O–H groups in total. The van der Waals surface area contributed by atoms with Crippen molar-refractivity contribution < 1.29 is 14.3 Å². The van der Waals surface area contributed by atoms with Gasteiger partial charge in [-0.2, -0.15) is 0 Å². The van der Waals surface area contributed by atoms with Crippen LogP contribution >= 0.6 is 0 Å². The molecule has 0 amide bonds. The average molecular weight is 234 g/mol. The molecule has 0 aliphatic heterocycles. The summed E-state index contributed by atoms with van der Waals surface area (Å²) in [5.74, 6) is 0.866. The van der Waals surface area contributed by atoms with Gasteiger partial charge in [-0.1, -0.05) is 25.0 Å². The van der Waals surface area contributed by atoms with E-state index in [2.05, 4.69) is 0 Å². The Labute approximate surface area is 102 Å². The molecule has 2 rings (SSSR count). The van der Waals surface area contributed by atoms with Crippen LogP contribution in [0.2, 0.25) is 0 Å². The quantitative estimate of drug-likeness (QED) is 0.751. The van der Waals surface area contributed by atoms with Gasteiger partial charge in [0.05, 0.1) is 13.0 Å². The third-order valence-corrected chi connectivity index (χ3v) is 3.20. The highest BCUT2D eigenvalue weighted by atomic mass is 16.5. The maximum Gasteiger partial charge on any atom is 0.309 e. The fourth-order valence-electron chi connectivity index (χ4n) is 2.20. The van der Waals surface area contributed by atoms with Gasteiger partial charge in [0.2, 0.25) is 0 Å². The molecule has 0 bridgehead atoms. The van der Waals surface area contributed by atoms with Crippen molar-refractivity contribution in [3.63, 3.8) is 0 Å². The topological polar surface area (TPSA) is 35.5 Å². The molecule has 0 heterocycles. The normalized spacial score (nSPS) is 15.8. The monoisotopic (exact) mass is 234 g/mol. The molecule has 1 aromatic carbocycles. The standard InChI is InChI=1S/C14H18O3/c1-16-13-8-4-5-11(9-13)10-17-14(15)12-6-2-3-7-12/h4-5,8-9,12H,2-3,6-7,10H2,1H3. The summed E-state index contributed by atoms with van der Waals surface area (Å²) in [6.45, 7) is 0.340. The predicted molar refractivity (Wildman–Crippen MR) is 64.7 cm³/mol. The minimum atomic E-state index is -0.0506. The van der Waals surface area contributed by atoms with E-state index in [0.717, 1.165) is 37.0 Å². The van der Waals surface area contributed by atoms with Gasteiger partial charge in [-0.25, -0.2) is 0 Å². The maximum absolute atomic E-state index is 11.7. The highest BCUT2D eigenvalue weighted by Gasteiger charge is 2.23. The van der Waals surface area contributed by atoms with Crippen LogP contribution in [-0.2, 0) is 16.1 Å². The summed E-state index contributed by atoms with van der Waals surface area (Å²) in [7, 11) is 1.63. The summed E-state index contributed by atoms with van der Waals surface area (Å²) in [5.41, 5.74) is 0.968. The zero-order chi connectivity index (χ0) is 12.1. The van der Waals surface area contributed by atoms with Crippen molar-refractivity contribution in [2.75, 3.05) is 7.11 Å². The maximum atomic E-state index is 11.7. The van der Waals surface area contributed by atoms with Crippen molar-refractivity contribution in [1.29, 1.82) is 0 Å². The van der Waals surface area contributed by atoms with Crippen LogP contribution in [0.1, 0.15) is 31.2 Å². The second-order valence-corrected chi connectivity index (χ2v) is 4.44. The van der Waals surface area contributed by atoms with Crippen molar-refractivity contribution >= 4 is 5.97 Å². The lowest BCUT2D eigenvalue weighted by atomic mass is 10.1. The van der Waals surface area contributed by atoms with E-state index in [-0.39, 0.29) is 11.9 Å². The second kappa shape index (κ2) is 5.71. The Morgan fingerprint density at radius 3 is 2.82 bits per heavy atom. The number of hydrogen-bond acceptors (Lipinski definition) is 3. The van der Waals surface area contributed by atoms with Gasteiger partial charge in [0.25, 0.3) is 0 Å². The van der Waals surface area contributed by atoms with E-state index in [0.29, 0.717) is 6.61 Å². The van der Waals surface area contributed by atoms with Crippen LogP contribution in [0.4, 0.5) is 0 Å². The Morgan fingerprint density at radius 2 is 2.12 bits per heavy atom. The van der Waals surface area contributed by atoms with E-state index >= 15 is 0 Å². The van der Waals surface area contributed by atoms with E-state index in [9.17, 15) is 4.79 Å². The molecule has 3 nitrogen and oxygen atoms in total. The van der Waals surface area contributed by atoms with Crippen molar-refractivity contribution in [2.24, 2.45) is 5.92 Å². The van der Waals surface area contributed by atoms with Gasteiger partial charge in [-0.05, 0) is 30.5 Å². The van der Waals surface area contributed by atoms with E-state index in [1.165, 1.54) is 0 Å². The summed E-state index contributed by atoms with van der Waals surface area (Å²) >= 11 is 0. The minimum Gasteiger partial charge on any atom is -0.497 e. The van der Waals surface area contributed by atoms with Gasteiger partial charge < -0.3 is 9.47 Å². The van der Waals surface area contributed by atoms with Crippen molar-refractivity contribution in [3.05, 3.63) is 29.8 Å². The Bertz CT molecular complexity index is 381. The van der Waals surface area contributed by atoms with Gasteiger partial charge in [-0.15, -0.1) is 0 Å². The number of rotatable bonds is 4. The predicted octanol–water partition coefficient (Wildman–Crippen LogP) is 2.93. The molecule has 1 aliphatic rings. The van der Waals surface area contributed by atoms with Crippen LogP contribution in [0.5, 0.6) is 5.75 Å². The van der Waals surface area contributed by atoms with E-state index < -0.39 is 0 Å². The molecule has 1 aromatic rings. The molecule has 0 saturated heterocycles. The molecule has 0 radical (unpaired) electrons. The molecule has 3 heteroatoms. The molecule has 0 aromatic heterocycles. The fraction of sp³-hybridized carbons (Fsp3) is 0.500. The first kappa shape index (κ1) is 12.0. The molecule has 0 unspecified atom stereocenters. The molecule has 1 fully saturated rings. The first-order valence-corrected chi connectivity index (χ1v) is 6.09. The molecule has 0 spiro atoms. The first-order valence-electron chi connectivity index (χ1n) is 6.09. The van der Waals surface area contributed by atoms with Crippen molar-refractivity contribution in [1.82, 2.24) is 0 Å². The highest BCUT2D eigenvalue weighted by molar-refractivity contribution is 5.72. The van der Waals surface area contributed by atoms with E-state index in [4.69, 9.17) is 9.47 Å². The molecule has 17 heavy (non-hydrogen) atoms. The molecular weight excluding hydrogens is 216 g/mol. The molecule has 0 atom stereocenters. The number of carbonyl (C=O) groups excluding carboxylic acids is 1. The first-order chi connectivity index (χ1) is 8.29. The third kappa shape index (κ3) is 3.22. The van der Waals surface area contributed by atoms with E-state index in [1.807, 2.05) is 24.3 Å². The van der Waals surface area contributed by atoms with Crippen molar-refractivity contribution in [2.45, 2.75) is 32.3 Å². The lowest BCUT2D eigenvalue weighted by molar-refractivity contribution is -0.149. The number of methoxy groups -OCH3 is 1. The lowest BCUT2D eigenvalue weighted by Crippen LogP contribution is -2.14. The van der Waals surface area contributed by atoms with Gasteiger partial charge >= 0.3 is 5.97 Å². The minimum absolute atomic E-state index is 0.0506. The average Bonchev–Trinajstić information content (AvgIpc) is 2.90. The smallest absolute Gasteiger partial charge is 0.309 e. The molecular formula is C14H18O3. The largest absolute Gasteiger partial charge is 0.497 e. The Hall–Kier alpha value is -1.51. The van der Waals surface area contributed by atoms with Crippen LogP contribution in [-0.4, -0.2) is 13.1 Å². The molecule has 92 valence electrons. The van der Waals surface area contributed by atoms with Crippen LogP contribution in [0.25, 0.3) is 0 Å².